The first-order valence-electron chi connectivity index (χ1n) is 10.2. The van der Waals surface area contributed by atoms with Gasteiger partial charge in [-0.3, -0.25) is 9.10 Å². The fourth-order valence-corrected chi connectivity index (χ4v) is 5.13. The molecule has 2 atom stereocenters. The number of nitriles is 1. The molecule has 0 fully saturated rings. The molecule has 1 aliphatic rings. The van der Waals surface area contributed by atoms with E-state index in [1.54, 1.807) is 43.3 Å². The van der Waals surface area contributed by atoms with Gasteiger partial charge >= 0.3 is 5.97 Å². The predicted octanol–water partition coefficient (Wildman–Crippen LogP) is 2.89. The van der Waals surface area contributed by atoms with Crippen molar-refractivity contribution in [1.82, 2.24) is 0 Å². The molecule has 0 radical (unpaired) electrons. The van der Waals surface area contributed by atoms with Gasteiger partial charge in [0.05, 0.1) is 30.0 Å². The quantitative estimate of drug-likeness (QED) is 0.594. The van der Waals surface area contributed by atoms with Crippen LogP contribution < -0.4 is 9.21 Å². The van der Waals surface area contributed by atoms with Crippen LogP contribution in [0.4, 0.5) is 11.4 Å². The summed E-state index contributed by atoms with van der Waals surface area (Å²) in [7, 11) is -3.43. The van der Waals surface area contributed by atoms with Crippen LogP contribution in [-0.4, -0.2) is 45.2 Å². The number of carbonyl (C=O) groups excluding carboxylic acids is 2. The van der Waals surface area contributed by atoms with Crippen molar-refractivity contribution in [3.63, 3.8) is 0 Å². The minimum atomic E-state index is -3.43. The van der Waals surface area contributed by atoms with Gasteiger partial charge in [-0.25, -0.2) is 13.2 Å². The van der Waals surface area contributed by atoms with E-state index in [2.05, 4.69) is 0 Å². The molecular formula is C23H25N3O5S. The number of anilines is 2. The van der Waals surface area contributed by atoms with Crippen molar-refractivity contribution in [3.8, 4) is 6.07 Å². The van der Waals surface area contributed by atoms with Crippen LogP contribution in [0.3, 0.4) is 0 Å². The number of amides is 1. The van der Waals surface area contributed by atoms with Crippen molar-refractivity contribution in [2.75, 3.05) is 22.0 Å². The third kappa shape index (κ3) is 4.92. The second-order valence-corrected chi connectivity index (χ2v) is 9.60. The van der Waals surface area contributed by atoms with E-state index in [1.807, 2.05) is 12.1 Å². The standard InChI is InChI=1S/C23H25N3O5S/c1-16-14-19-15-18(10-11-21(19)26(16)32(3,29)30)23(28)31-17(2)22(27)25(13-7-12-24)20-8-5-4-6-9-20/h4-6,8-11,15-17H,7,13-14H2,1-3H3. The molecule has 9 heteroatoms. The highest BCUT2D eigenvalue weighted by Crippen LogP contribution is 2.34. The monoisotopic (exact) mass is 455 g/mol. The molecule has 0 bridgehead atoms. The summed E-state index contributed by atoms with van der Waals surface area (Å²) in [4.78, 5) is 27.1. The summed E-state index contributed by atoms with van der Waals surface area (Å²) in [6.45, 7) is 3.47. The Morgan fingerprint density at radius 3 is 2.56 bits per heavy atom. The van der Waals surface area contributed by atoms with E-state index in [1.165, 1.54) is 22.2 Å². The highest BCUT2D eigenvalue weighted by Gasteiger charge is 2.33. The SMILES string of the molecule is CC(OC(=O)c1ccc2c(c1)CC(C)N2S(C)(=O)=O)C(=O)N(CCC#N)c1ccccc1. The van der Waals surface area contributed by atoms with Crippen molar-refractivity contribution < 1.29 is 22.7 Å². The molecule has 2 aromatic rings. The van der Waals surface area contributed by atoms with Crippen LogP contribution in [0.2, 0.25) is 0 Å². The Hall–Kier alpha value is -3.38. The summed E-state index contributed by atoms with van der Waals surface area (Å²) in [6, 6.07) is 15.4. The number of ether oxygens (including phenoxy) is 1. The van der Waals surface area contributed by atoms with Crippen LogP contribution in [0.15, 0.2) is 48.5 Å². The Morgan fingerprint density at radius 2 is 1.94 bits per heavy atom. The third-order valence-corrected chi connectivity index (χ3v) is 6.51. The van der Waals surface area contributed by atoms with E-state index >= 15 is 0 Å². The number of rotatable bonds is 7. The molecular weight excluding hydrogens is 430 g/mol. The van der Waals surface area contributed by atoms with Crippen molar-refractivity contribution in [2.24, 2.45) is 0 Å². The first kappa shape index (κ1) is 23.3. The lowest BCUT2D eigenvalue weighted by Crippen LogP contribution is -2.40. The van der Waals surface area contributed by atoms with Crippen LogP contribution in [0, 0.1) is 11.3 Å². The minimum Gasteiger partial charge on any atom is -0.449 e. The number of sulfonamides is 1. The molecule has 168 valence electrons. The zero-order valence-electron chi connectivity index (χ0n) is 18.2. The van der Waals surface area contributed by atoms with Gasteiger partial charge in [-0.15, -0.1) is 0 Å². The molecule has 32 heavy (non-hydrogen) atoms. The first-order valence-corrected chi connectivity index (χ1v) is 12.0. The summed E-state index contributed by atoms with van der Waals surface area (Å²) < 4.78 is 30.9. The average molecular weight is 456 g/mol. The average Bonchev–Trinajstić information content (AvgIpc) is 3.09. The van der Waals surface area contributed by atoms with Crippen molar-refractivity contribution >= 4 is 33.3 Å². The van der Waals surface area contributed by atoms with Gasteiger partial charge < -0.3 is 9.64 Å². The number of hydrogen-bond donors (Lipinski definition) is 0. The van der Waals surface area contributed by atoms with E-state index < -0.39 is 28.0 Å². The number of benzene rings is 2. The molecule has 8 nitrogen and oxygen atoms in total. The highest BCUT2D eigenvalue weighted by atomic mass is 32.2. The van der Waals surface area contributed by atoms with Gasteiger partial charge in [-0.2, -0.15) is 5.26 Å². The van der Waals surface area contributed by atoms with E-state index in [0.29, 0.717) is 17.8 Å². The van der Waals surface area contributed by atoms with Crippen molar-refractivity contribution in [3.05, 3.63) is 59.7 Å². The summed E-state index contributed by atoms with van der Waals surface area (Å²) >= 11 is 0. The lowest BCUT2D eigenvalue weighted by atomic mass is 10.1. The van der Waals surface area contributed by atoms with Crippen LogP contribution in [0.5, 0.6) is 0 Å². The number of esters is 1. The van der Waals surface area contributed by atoms with Gasteiger partial charge in [0.15, 0.2) is 6.10 Å². The fraction of sp³-hybridized carbons (Fsp3) is 0.348. The van der Waals surface area contributed by atoms with Gasteiger partial charge in [-0.1, -0.05) is 18.2 Å². The Labute approximate surface area is 188 Å². The molecule has 1 heterocycles. The molecule has 0 N–H and O–H groups in total. The van der Waals surface area contributed by atoms with Crippen LogP contribution in [0.1, 0.15) is 36.2 Å². The smallest absolute Gasteiger partial charge is 0.338 e. The Morgan fingerprint density at radius 1 is 1.25 bits per heavy atom. The molecule has 1 amide bonds. The van der Waals surface area contributed by atoms with Gasteiger partial charge in [-0.05, 0) is 56.2 Å². The Kier molecular flexibility index (Phi) is 6.84. The molecule has 0 aliphatic carbocycles. The maximum Gasteiger partial charge on any atom is 0.338 e. The van der Waals surface area contributed by atoms with Gasteiger partial charge in [0.25, 0.3) is 5.91 Å². The molecule has 2 unspecified atom stereocenters. The minimum absolute atomic E-state index is 0.140. The van der Waals surface area contributed by atoms with Crippen LogP contribution in [0.25, 0.3) is 0 Å². The normalized spacial score (nSPS) is 16.1. The lowest BCUT2D eigenvalue weighted by Gasteiger charge is -2.25. The largest absolute Gasteiger partial charge is 0.449 e. The van der Waals surface area contributed by atoms with Gasteiger partial charge in [0, 0.05) is 18.3 Å². The van der Waals surface area contributed by atoms with E-state index in [4.69, 9.17) is 10.00 Å². The Balaban J connectivity index is 1.76. The van der Waals surface area contributed by atoms with Gasteiger partial charge in [0.2, 0.25) is 10.0 Å². The Bertz CT molecular complexity index is 1160. The molecule has 0 aromatic heterocycles. The third-order valence-electron chi connectivity index (χ3n) is 5.24. The molecule has 1 aliphatic heterocycles. The maximum atomic E-state index is 13.0. The van der Waals surface area contributed by atoms with Crippen LogP contribution in [-0.2, 0) is 26.0 Å². The second-order valence-electron chi connectivity index (χ2n) is 7.74. The molecule has 0 saturated carbocycles. The number of nitrogens with zero attached hydrogens (tertiary/aromatic N) is 3. The van der Waals surface area contributed by atoms with Crippen molar-refractivity contribution in [2.45, 2.75) is 38.8 Å². The molecule has 3 rings (SSSR count). The number of hydrogen-bond acceptors (Lipinski definition) is 6. The number of fused-ring (bicyclic) bond motifs is 1. The van der Waals surface area contributed by atoms with E-state index in [-0.39, 0.29) is 24.6 Å². The summed E-state index contributed by atoms with van der Waals surface area (Å²) in [6.07, 6.45) is 0.703. The predicted molar refractivity (Wildman–Crippen MR) is 121 cm³/mol. The number of carbonyl (C=O) groups is 2. The first-order chi connectivity index (χ1) is 15.1. The van der Waals surface area contributed by atoms with E-state index in [9.17, 15) is 18.0 Å². The highest BCUT2D eigenvalue weighted by molar-refractivity contribution is 7.92. The zero-order valence-corrected chi connectivity index (χ0v) is 19.0. The molecule has 0 spiro atoms. The summed E-state index contributed by atoms with van der Waals surface area (Å²) in [5, 5.41) is 8.93. The van der Waals surface area contributed by atoms with Crippen LogP contribution >= 0.6 is 0 Å². The number of para-hydroxylation sites is 1. The summed E-state index contributed by atoms with van der Waals surface area (Å²) in [5.74, 6) is -1.11. The zero-order chi connectivity index (χ0) is 23.5. The lowest BCUT2D eigenvalue weighted by molar-refractivity contribution is -0.126. The summed E-state index contributed by atoms with van der Waals surface area (Å²) in [5.41, 5.74) is 2.14. The fourth-order valence-electron chi connectivity index (χ4n) is 3.87. The topological polar surface area (TPSA) is 108 Å². The molecule has 0 saturated heterocycles. The maximum absolute atomic E-state index is 13.0. The van der Waals surface area contributed by atoms with Crippen molar-refractivity contribution in [1.29, 1.82) is 5.26 Å². The molecule has 2 aromatic carbocycles. The van der Waals surface area contributed by atoms with E-state index in [0.717, 1.165) is 11.8 Å². The second kappa shape index (κ2) is 9.40. The van der Waals surface area contributed by atoms with Gasteiger partial charge in [0.1, 0.15) is 0 Å².